The van der Waals surface area contributed by atoms with Crippen molar-refractivity contribution in [1.29, 1.82) is 0 Å². The monoisotopic (exact) mass is 317 g/mol. The highest BCUT2D eigenvalue weighted by molar-refractivity contribution is 5.81. The van der Waals surface area contributed by atoms with Crippen LogP contribution in [0.5, 0.6) is 0 Å². The molecule has 0 aromatic carbocycles. The summed E-state index contributed by atoms with van der Waals surface area (Å²) >= 11 is 0. The van der Waals surface area contributed by atoms with Crippen LogP contribution in [-0.2, 0) is 23.8 Å². The van der Waals surface area contributed by atoms with Gasteiger partial charge in [-0.15, -0.1) is 0 Å². The van der Waals surface area contributed by atoms with E-state index >= 15 is 0 Å². The van der Waals surface area contributed by atoms with Crippen LogP contribution in [0.25, 0.3) is 0 Å². The molecular formula is C15H27NO6. The van der Waals surface area contributed by atoms with E-state index in [1.54, 1.807) is 13.8 Å². The number of amides is 1. The molecule has 0 aliphatic heterocycles. The van der Waals surface area contributed by atoms with E-state index in [1.165, 1.54) is 7.11 Å². The molecule has 2 unspecified atom stereocenters. The van der Waals surface area contributed by atoms with E-state index in [0.29, 0.717) is 19.3 Å². The van der Waals surface area contributed by atoms with E-state index in [9.17, 15) is 14.4 Å². The van der Waals surface area contributed by atoms with Gasteiger partial charge < -0.3 is 19.5 Å². The largest absolute Gasteiger partial charge is 0.467 e. The third-order valence-corrected chi connectivity index (χ3v) is 2.88. The molecule has 7 nitrogen and oxygen atoms in total. The maximum absolute atomic E-state index is 11.9. The first kappa shape index (κ1) is 20.2. The first-order chi connectivity index (χ1) is 10.3. The summed E-state index contributed by atoms with van der Waals surface area (Å²) < 4.78 is 14.8. The normalized spacial score (nSPS) is 13.2. The number of carbonyl (C=O) groups is 3. The van der Waals surface area contributed by atoms with Crippen molar-refractivity contribution in [3.05, 3.63) is 0 Å². The molecule has 0 saturated carbocycles. The highest BCUT2D eigenvalue weighted by atomic mass is 16.7. The van der Waals surface area contributed by atoms with Gasteiger partial charge in [0.25, 0.3) is 0 Å². The highest BCUT2D eigenvalue weighted by Gasteiger charge is 2.27. The molecule has 0 aromatic heterocycles. The van der Waals surface area contributed by atoms with Gasteiger partial charge in [-0.05, 0) is 18.8 Å². The Morgan fingerprint density at radius 1 is 1.05 bits per heavy atom. The first-order valence-corrected chi connectivity index (χ1v) is 7.60. The summed E-state index contributed by atoms with van der Waals surface area (Å²) in [5.74, 6) is -1.13. The van der Waals surface area contributed by atoms with Gasteiger partial charge in [0.2, 0.25) is 6.29 Å². The van der Waals surface area contributed by atoms with E-state index in [4.69, 9.17) is 9.47 Å². The second-order valence-corrected chi connectivity index (χ2v) is 5.25. The van der Waals surface area contributed by atoms with Crippen LogP contribution in [0, 0.1) is 5.92 Å². The lowest BCUT2D eigenvalue weighted by Crippen LogP contribution is -2.46. The van der Waals surface area contributed by atoms with Gasteiger partial charge >= 0.3 is 18.0 Å². The molecule has 1 amide bonds. The second kappa shape index (κ2) is 10.9. The highest BCUT2D eigenvalue weighted by Crippen LogP contribution is 2.09. The summed E-state index contributed by atoms with van der Waals surface area (Å²) in [5.41, 5.74) is 0. The zero-order valence-corrected chi connectivity index (χ0v) is 14.0. The predicted molar refractivity (Wildman–Crippen MR) is 80.0 cm³/mol. The van der Waals surface area contributed by atoms with Crippen molar-refractivity contribution in [2.24, 2.45) is 5.92 Å². The molecule has 0 heterocycles. The van der Waals surface area contributed by atoms with Gasteiger partial charge in [-0.1, -0.05) is 27.7 Å². The van der Waals surface area contributed by atoms with Crippen LogP contribution < -0.4 is 5.32 Å². The van der Waals surface area contributed by atoms with Crippen LogP contribution >= 0.6 is 0 Å². The summed E-state index contributed by atoms with van der Waals surface area (Å²) in [6, 6.07) is -0.814. The molecule has 0 bridgehead atoms. The Bertz CT molecular complexity index is 369. The van der Waals surface area contributed by atoms with Crippen LogP contribution in [0.1, 0.15) is 53.4 Å². The molecule has 7 heteroatoms. The van der Waals surface area contributed by atoms with Gasteiger partial charge in [-0.3, -0.25) is 4.79 Å². The van der Waals surface area contributed by atoms with Gasteiger partial charge in [0, 0.05) is 12.8 Å². The number of hydrogen-bond donors (Lipinski definition) is 1. The van der Waals surface area contributed by atoms with E-state index in [1.807, 2.05) is 13.8 Å². The van der Waals surface area contributed by atoms with Crippen LogP contribution in [0.3, 0.4) is 0 Å². The Morgan fingerprint density at radius 2 is 1.68 bits per heavy atom. The Morgan fingerprint density at radius 3 is 2.14 bits per heavy atom. The van der Waals surface area contributed by atoms with Crippen LogP contribution in [0.2, 0.25) is 0 Å². The zero-order valence-electron chi connectivity index (χ0n) is 14.0. The average molecular weight is 317 g/mol. The fraction of sp³-hybridized carbons (Fsp3) is 0.800. The summed E-state index contributed by atoms with van der Waals surface area (Å²) in [5, 5.41) is 2.43. The standard InChI is InChI=1S/C15H27NO6/c1-6-8-11(17)21-12(9-7-2)22-15(19)16-13(10(3)4)14(18)20-5/h10,12-13H,6-9H2,1-5H3,(H,16,19). The van der Waals surface area contributed by atoms with Gasteiger partial charge in [0.1, 0.15) is 6.04 Å². The molecule has 0 aromatic rings. The van der Waals surface area contributed by atoms with Crippen molar-refractivity contribution in [1.82, 2.24) is 5.32 Å². The van der Waals surface area contributed by atoms with E-state index in [-0.39, 0.29) is 12.3 Å². The number of nitrogens with one attached hydrogen (secondary N) is 1. The Kier molecular flexibility index (Phi) is 9.98. The van der Waals surface area contributed by atoms with Crippen molar-refractivity contribution in [2.45, 2.75) is 65.7 Å². The Labute approximate surface area is 131 Å². The number of ether oxygens (including phenoxy) is 3. The number of rotatable bonds is 9. The zero-order chi connectivity index (χ0) is 17.1. The summed E-state index contributed by atoms with van der Waals surface area (Å²) in [7, 11) is 1.25. The summed E-state index contributed by atoms with van der Waals surface area (Å²) in [6.07, 6.45) is 0.236. The molecule has 0 aliphatic rings. The topological polar surface area (TPSA) is 90.9 Å². The summed E-state index contributed by atoms with van der Waals surface area (Å²) in [4.78, 5) is 34.9. The minimum atomic E-state index is -0.950. The third kappa shape index (κ3) is 7.85. The first-order valence-electron chi connectivity index (χ1n) is 7.60. The van der Waals surface area contributed by atoms with Crippen molar-refractivity contribution in [2.75, 3.05) is 7.11 Å². The Balaban J connectivity index is 4.60. The smallest absolute Gasteiger partial charge is 0.410 e. The minimum absolute atomic E-state index is 0.160. The predicted octanol–water partition coefficient (Wildman–Crippen LogP) is 2.38. The third-order valence-electron chi connectivity index (χ3n) is 2.88. The fourth-order valence-electron chi connectivity index (χ4n) is 1.69. The number of esters is 2. The molecule has 0 fully saturated rings. The Hall–Kier alpha value is -1.79. The maximum atomic E-state index is 11.9. The SMILES string of the molecule is CCCC(=O)OC(CCC)OC(=O)NC(C(=O)OC)C(C)C. The molecule has 0 saturated heterocycles. The van der Waals surface area contributed by atoms with Crippen molar-refractivity contribution in [3.8, 4) is 0 Å². The lowest BCUT2D eigenvalue weighted by molar-refractivity contribution is -0.169. The second-order valence-electron chi connectivity index (χ2n) is 5.25. The van der Waals surface area contributed by atoms with Gasteiger partial charge in [-0.2, -0.15) is 0 Å². The molecule has 0 rings (SSSR count). The van der Waals surface area contributed by atoms with Crippen molar-refractivity contribution < 1.29 is 28.6 Å². The van der Waals surface area contributed by atoms with Gasteiger partial charge in [-0.25, -0.2) is 9.59 Å². The summed E-state index contributed by atoms with van der Waals surface area (Å²) in [6.45, 7) is 7.28. The minimum Gasteiger partial charge on any atom is -0.467 e. The average Bonchev–Trinajstić information content (AvgIpc) is 2.44. The number of alkyl carbamates (subject to hydrolysis) is 1. The molecule has 0 radical (unpaired) electrons. The quantitative estimate of drug-likeness (QED) is 0.518. The molecular weight excluding hydrogens is 290 g/mol. The van der Waals surface area contributed by atoms with E-state index in [2.05, 4.69) is 10.1 Å². The molecule has 0 spiro atoms. The molecule has 0 aliphatic carbocycles. The fourth-order valence-corrected chi connectivity index (χ4v) is 1.69. The number of carbonyl (C=O) groups excluding carboxylic acids is 3. The molecule has 22 heavy (non-hydrogen) atoms. The van der Waals surface area contributed by atoms with Gasteiger partial charge in [0.15, 0.2) is 0 Å². The number of hydrogen-bond acceptors (Lipinski definition) is 6. The van der Waals surface area contributed by atoms with Crippen LogP contribution in [-0.4, -0.2) is 37.5 Å². The van der Waals surface area contributed by atoms with E-state index < -0.39 is 30.4 Å². The molecule has 2 atom stereocenters. The molecule has 128 valence electrons. The van der Waals surface area contributed by atoms with E-state index in [0.717, 1.165) is 0 Å². The lowest BCUT2D eigenvalue weighted by atomic mass is 10.1. The number of methoxy groups -OCH3 is 1. The molecule has 1 N–H and O–H groups in total. The van der Waals surface area contributed by atoms with Crippen LogP contribution in [0.15, 0.2) is 0 Å². The van der Waals surface area contributed by atoms with Gasteiger partial charge in [0.05, 0.1) is 7.11 Å². The van der Waals surface area contributed by atoms with Crippen LogP contribution in [0.4, 0.5) is 4.79 Å². The maximum Gasteiger partial charge on any atom is 0.410 e. The lowest BCUT2D eigenvalue weighted by Gasteiger charge is -2.22. The van der Waals surface area contributed by atoms with Crippen molar-refractivity contribution >= 4 is 18.0 Å². The van der Waals surface area contributed by atoms with Crippen molar-refractivity contribution in [3.63, 3.8) is 0 Å².